The van der Waals surface area contributed by atoms with Crippen LogP contribution in [0.1, 0.15) is 26.7 Å². The second-order valence-corrected chi connectivity index (χ2v) is 2.04. The van der Waals surface area contributed by atoms with Crippen LogP contribution in [-0.2, 0) is 9.53 Å². The average Bonchev–Trinajstić information content (AvgIpc) is 2.00. The lowest BCUT2D eigenvalue weighted by atomic mass is 10.5. The van der Waals surface area contributed by atoms with Crippen molar-refractivity contribution in [3.05, 3.63) is 0 Å². The Morgan fingerprint density at radius 2 is 2.00 bits per heavy atom. The van der Waals surface area contributed by atoms with E-state index in [1.165, 1.54) is 0 Å². The lowest BCUT2D eigenvalue weighted by Gasteiger charge is -2.01. The van der Waals surface area contributed by atoms with Crippen molar-refractivity contribution in [1.82, 2.24) is 5.32 Å². The van der Waals surface area contributed by atoms with Crippen LogP contribution in [0.5, 0.6) is 0 Å². The van der Waals surface area contributed by atoms with Crippen molar-refractivity contribution in [1.29, 1.82) is 0 Å². The summed E-state index contributed by atoms with van der Waals surface area (Å²) in [6.07, 6.45) is 0.397. The van der Waals surface area contributed by atoms with E-state index >= 15 is 0 Å². The fourth-order valence-corrected chi connectivity index (χ4v) is 0.439. The Balaban J connectivity index is 3.44. The Morgan fingerprint density at radius 1 is 1.36 bits per heavy atom. The molecule has 0 fully saturated rings. The smallest absolute Gasteiger partial charge is 0.376 e. The number of carbonyl (C=O) groups excluding carboxylic acids is 2. The molecule has 0 rings (SSSR count). The van der Waals surface area contributed by atoms with Crippen LogP contribution in [-0.4, -0.2) is 18.6 Å². The second kappa shape index (κ2) is 5.70. The number of hydrogen-bond donors (Lipinski definition) is 1. The molecule has 64 valence electrons. The van der Waals surface area contributed by atoms with Crippen LogP contribution in [0.2, 0.25) is 0 Å². The molecular formula is C7H13NO3. The van der Waals surface area contributed by atoms with Gasteiger partial charge in [-0.2, -0.15) is 0 Å². The van der Waals surface area contributed by atoms with E-state index in [1.54, 1.807) is 6.92 Å². The highest BCUT2D eigenvalue weighted by Crippen LogP contribution is 1.85. The lowest BCUT2D eigenvalue weighted by molar-refractivity contribution is -0.136. The first kappa shape index (κ1) is 9.94. The topological polar surface area (TPSA) is 55.4 Å². The molecule has 0 aliphatic heterocycles. The molecule has 0 aromatic heterocycles. The van der Waals surface area contributed by atoms with Crippen molar-refractivity contribution in [2.24, 2.45) is 0 Å². The summed E-state index contributed by atoms with van der Waals surface area (Å²) in [4.78, 5) is 21.1. The van der Waals surface area contributed by atoms with Gasteiger partial charge in [-0.1, -0.05) is 13.8 Å². The molecule has 0 aliphatic carbocycles. The van der Waals surface area contributed by atoms with E-state index in [-0.39, 0.29) is 6.42 Å². The molecule has 0 unspecified atom stereocenters. The van der Waals surface area contributed by atoms with Gasteiger partial charge in [0.2, 0.25) is 0 Å². The molecule has 0 heterocycles. The molecule has 0 atom stereocenters. The summed E-state index contributed by atoms with van der Waals surface area (Å²) in [6.45, 7) is 4.09. The van der Waals surface area contributed by atoms with E-state index < -0.39 is 12.1 Å². The van der Waals surface area contributed by atoms with Crippen LogP contribution in [0.15, 0.2) is 0 Å². The molecule has 0 radical (unpaired) electrons. The third-order valence-electron chi connectivity index (χ3n) is 1.01. The van der Waals surface area contributed by atoms with Gasteiger partial charge in [-0.25, -0.2) is 4.79 Å². The molecular weight excluding hydrogens is 146 g/mol. The van der Waals surface area contributed by atoms with Gasteiger partial charge in [0.05, 0.1) is 0 Å². The first-order valence-electron chi connectivity index (χ1n) is 3.69. The highest BCUT2D eigenvalue weighted by molar-refractivity contribution is 5.84. The van der Waals surface area contributed by atoms with Crippen molar-refractivity contribution in [3.63, 3.8) is 0 Å². The number of carbonyl (C=O) groups is 2. The SMILES string of the molecule is CCCNC(=O)OC(=O)CC. The zero-order chi connectivity index (χ0) is 8.69. The maximum Gasteiger partial charge on any atom is 0.414 e. The number of hydrogen-bond acceptors (Lipinski definition) is 3. The minimum atomic E-state index is -0.654. The van der Waals surface area contributed by atoms with Crippen LogP contribution < -0.4 is 5.32 Å². The summed E-state index contributed by atoms with van der Waals surface area (Å²) < 4.78 is 4.31. The van der Waals surface area contributed by atoms with E-state index in [0.29, 0.717) is 6.54 Å². The molecule has 0 saturated heterocycles. The standard InChI is InChI=1S/C7H13NO3/c1-3-5-8-7(10)11-6(9)4-2/h3-5H2,1-2H3,(H,8,10). The largest absolute Gasteiger partial charge is 0.414 e. The predicted octanol–water partition coefficient (Wildman–Crippen LogP) is 1.06. The van der Waals surface area contributed by atoms with Gasteiger partial charge in [0.1, 0.15) is 0 Å². The first-order valence-corrected chi connectivity index (χ1v) is 3.69. The fourth-order valence-electron chi connectivity index (χ4n) is 0.439. The minimum absolute atomic E-state index is 0.222. The summed E-state index contributed by atoms with van der Waals surface area (Å²) >= 11 is 0. The van der Waals surface area contributed by atoms with Gasteiger partial charge in [0.15, 0.2) is 0 Å². The van der Waals surface area contributed by atoms with Gasteiger partial charge in [0.25, 0.3) is 0 Å². The van der Waals surface area contributed by atoms with E-state index in [2.05, 4.69) is 10.1 Å². The van der Waals surface area contributed by atoms with Crippen molar-refractivity contribution < 1.29 is 14.3 Å². The van der Waals surface area contributed by atoms with E-state index in [9.17, 15) is 9.59 Å². The first-order chi connectivity index (χ1) is 5.20. The van der Waals surface area contributed by atoms with E-state index in [4.69, 9.17) is 0 Å². The minimum Gasteiger partial charge on any atom is -0.376 e. The van der Waals surface area contributed by atoms with Crippen molar-refractivity contribution in [3.8, 4) is 0 Å². The van der Waals surface area contributed by atoms with E-state index in [1.807, 2.05) is 6.92 Å². The molecule has 0 aromatic rings. The summed E-state index contributed by atoms with van der Waals surface area (Å²) in [6, 6.07) is 0. The highest BCUT2D eigenvalue weighted by atomic mass is 16.6. The maximum absolute atomic E-state index is 10.6. The van der Waals surface area contributed by atoms with E-state index in [0.717, 1.165) is 6.42 Å². The summed E-state index contributed by atoms with van der Waals surface area (Å²) in [5, 5.41) is 2.42. The van der Waals surface area contributed by atoms with Crippen molar-refractivity contribution in [2.75, 3.05) is 6.54 Å². The zero-order valence-electron chi connectivity index (χ0n) is 6.85. The number of alkyl carbamates (subject to hydrolysis) is 1. The zero-order valence-corrected chi connectivity index (χ0v) is 6.85. The van der Waals surface area contributed by atoms with Gasteiger partial charge >= 0.3 is 12.1 Å². The Hall–Kier alpha value is -1.06. The van der Waals surface area contributed by atoms with Gasteiger partial charge < -0.3 is 10.1 Å². The van der Waals surface area contributed by atoms with Gasteiger partial charge in [-0.3, -0.25) is 4.79 Å². The molecule has 0 aliphatic rings. The molecule has 0 bridgehead atoms. The van der Waals surface area contributed by atoms with Crippen molar-refractivity contribution in [2.45, 2.75) is 26.7 Å². The number of nitrogens with one attached hydrogen (secondary N) is 1. The quantitative estimate of drug-likeness (QED) is 0.494. The van der Waals surface area contributed by atoms with Gasteiger partial charge in [0, 0.05) is 13.0 Å². The molecule has 0 aromatic carbocycles. The Kier molecular flexibility index (Phi) is 5.15. The summed E-state index contributed by atoms with van der Waals surface area (Å²) in [5.41, 5.74) is 0. The number of ether oxygens (including phenoxy) is 1. The Bertz CT molecular complexity index is 145. The second-order valence-electron chi connectivity index (χ2n) is 2.04. The van der Waals surface area contributed by atoms with Crippen LogP contribution in [0.3, 0.4) is 0 Å². The third kappa shape index (κ3) is 5.39. The van der Waals surface area contributed by atoms with Crippen molar-refractivity contribution >= 4 is 12.1 Å². The molecule has 11 heavy (non-hydrogen) atoms. The molecule has 0 saturated carbocycles. The number of rotatable bonds is 3. The normalized spacial score (nSPS) is 8.91. The Morgan fingerprint density at radius 3 is 2.45 bits per heavy atom. The van der Waals surface area contributed by atoms with Crippen LogP contribution in [0.4, 0.5) is 4.79 Å². The van der Waals surface area contributed by atoms with Crippen LogP contribution >= 0.6 is 0 Å². The predicted molar refractivity (Wildman–Crippen MR) is 40.1 cm³/mol. The molecule has 1 N–H and O–H groups in total. The molecule has 4 nitrogen and oxygen atoms in total. The van der Waals surface area contributed by atoms with Crippen LogP contribution in [0.25, 0.3) is 0 Å². The summed E-state index contributed by atoms with van der Waals surface area (Å²) in [5.74, 6) is -0.501. The molecule has 4 heteroatoms. The summed E-state index contributed by atoms with van der Waals surface area (Å²) in [7, 11) is 0. The lowest BCUT2D eigenvalue weighted by Crippen LogP contribution is -2.27. The maximum atomic E-state index is 10.6. The van der Waals surface area contributed by atoms with Gasteiger partial charge in [-0.15, -0.1) is 0 Å². The third-order valence-corrected chi connectivity index (χ3v) is 1.01. The monoisotopic (exact) mass is 159 g/mol. The highest BCUT2D eigenvalue weighted by Gasteiger charge is 2.05. The van der Waals surface area contributed by atoms with Crippen LogP contribution in [0, 0.1) is 0 Å². The molecule has 1 amide bonds. The Labute approximate surface area is 65.9 Å². The number of amides is 1. The average molecular weight is 159 g/mol. The number of esters is 1. The molecule has 0 spiro atoms. The fraction of sp³-hybridized carbons (Fsp3) is 0.714. The van der Waals surface area contributed by atoms with Gasteiger partial charge in [-0.05, 0) is 6.42 Å².